The summed E-state index contributed by atoms with van der Waals surface area (Å²) in [5, 5.41) is 11.4. The van der Waals surface area contributed by atoms with Crippen molar-refractivity contribution >= 4 is 10.0 Å². The predicted molar refractivity (Wildman–Crippen MR) is 99.2 cm³/mol. The van der Waals surface area contributed by atoms with Crippen molar-refractivity contribution in [2.75, 3.05) is 13.1 Å². The number of aromatic nitrogens is 4. The summed E-state index contributed by atoms with van der Waals surface area (Å²) in [6.07, 6.45) is -0.897. The van der Waals surface area contributed by atoms with Crippen LogP contribution in [0.1, 0.15) is 24.7 Å². The van der Waals surface area contributed by atoms with Gasteiger partial charge in [-0.15, -0.1) is 13.2 Å². The molecule has 2 aromatic heterocycles. The molecule has 9 nitrogen and oxygen atoms in total. The zero-order valence-corrected chi connectivity index (χ0v) is 16.7. The molecule has 1 saturated heterocycles. The average molecular weight is 455 g/mol. The average Bonchev–Trinajstić information content (AvgIpc) is 3.24. The Kier molecular flexibility index (Phi) is 5.62. The molecule has 0 atom stereocenters. The van der Waals surface area contributed by atoms with E-state index in [4.69, 9.17) is 4.52 Å². The number of hydrogen-bond donors (Lipinski definition) is 0. The fourth-order valence-corrected chi connectivity index (χ4v) is 4.72. The van der Waals surface area contributed by atoms with E-state index in [-0.39, 0.29) is 23.9 Å². The first-order valence-corrected chi connectivity index (χ1v) is 10.6. The molecule has 0 amide bonds. The molecule has 0 N–H and O–H groups in total. The number of sulfonamides is 1. The minimum Gasteiger partial charge on any atom is -0.406 e. The molecule has 31 heavy (non-hydrogen) atoms. The van der Waals surface area contributed by atoms with E-state index >= 15 is 0 Å². The van der Waals surface area contributed by atoms with Crippen LogP contribution in [-0.4, -0.2) is 52.5 Å². The first kappa shape index (κ1) is 21.2. The van der Waals surface area contributed by atoms with Gasteiger partial charge in [0.25, 0.3) is 0 Å². The largest absolute Gasteiger partial charge is 0.573 e. The molecule has 164 valence electrons. The van der Waals surface area contributed by atoms with Gasteiger partial charge < -0.3 is 9.26 Å². The van der Waals surface area contributed by atoms with E-state index in [9.17, 15) is 21.6 Å². The molecule has 1 aliphatic rings. The Bertz CT molecular complexity index is 1130. The maximum absolute atomic E-state index is 12.8. The Hall–Kier alpha value is -3.06. The highest BCUT2D eigenvalue weighted by molar-refractivity contribution is 7.89. The van der Waals surface area contributed by atoms with Crippen molar-refractivity contribution < 1.29 is 30.8 Å². The molecule has 0 spiro atoms. The lowest BCUT2D eigenvalue weighted by Crippen LogP contribution is -2.37. The van der Waals surface area contributed by atoms with Crippen LogP contribution in [0.4, 0.5) is 13.2 Å². The highest BCUT2D eigenvalue weighted by Gasteiger charge is 2.33. The molecule has 4 rings (SSSR count). The van der Waals surface area contributed by atoms with Gasteiger partial charge in [-0.1, -0.05) is 5.16 Å². The summed E-state index contributed by atoms with van der Waals surface area (Å²) in [7, 11) is -3.85. The maximum Gasteiger partial charge on any atom is 0.573 e. The summed E-state index contributed by atoms with van der Waals surface area (Å²) in [6, 6.07) is 5.83. The minimum atomic E-state index is -4.84. The second-order valence-corrected chi connectivity index (χ2v) is 8.72. The maximum atomic E-state index is 12.8. The van der Waals surface area contributed by atoms with Crippen molar-refractivity contribution in [1.82, 2.24) is 24.6 Å². The summed E-state index contributed by atoms with van der Waals surface area (Å²) in [5.74, 6) is 0.199. The van der Waals surface area contributed by atoms with Gasteiger partial charge in [0.05, 0.1) is 17.3 Å². The molecule has 1 aliphatic heterocycles. The summed E-state index contributed by atoms with van der Waals surface area (Å²) in [4.78, 5) is 4.26. The van der Waals surface area contributed by atoms with Crippen LogP contribution >= 0.6 is 0 Å². The van der Waals surface area contributed by atoms with Gasteiger partial charge in [-0.2, -0.15) is 19.5 Å². The number of rotatable bonds is 5. The molecular formula is C18H16F3N5O4S. The summed E-state index contributed by atoms with van der Waals surface area (Å²) >= 11 is 0. The van der Waals surface area contributed by atoms with Gasteiger partial charge in [-0.05, 0) is 43.2 Å². The topological polar surface area (TPSA) is 111 Å². The Morgan fingerprint density at radius 1 is 1.06 bits per heavy atom. The smallest absolute Gasteiger partial charge is 0.406 e. The Balaban J connectivity index is 1.41. The van der Waals surface area contributed by atoms with E-state index in [0.717, 1.165) is 24.3 Å². The van der Waals surface area contributed by atoms with Crippen LogP contribution in [-0.2, 0) is 10.0 Å². The van der Waals surface area contributed by atoms with Crippen LogP contribution in [0.2, 0.25) is 0 Å². The van der Waals surface area contributed by atoms with Crippen LogP contribution in [0, 0.1) is 0 Å². The van der Waals surface area contributed by atoms with Crippen LogP contribution < -0.4 is 4.74 Å². The molecule has 1 aromatic carbocycles. The molecule has 13 heteroatoms. The normalized spacial score (nSPS) is 16.4. The second kappa shape index (κ2) is 8.23. The predicted octanol–water partition coefficient (Wildman–Crippen LogP) is 2.99. The third kappa shape index (κ3) is 4.82. The Morgan fingerprint density at radius 2 is 1.77 bits per heavy atom. The molecule has 3 aromatic rings. The van der Waals surface area contributed by atoms with Gasteiger partial charge in [-0.25, -0.2) is 8.42 Å². The molecule has 0 radical (unpaired) electrons. The second-order valence-electron chi connectivity index (χ2n) is 6.78. The molecule has 1 fully saturated rings. The number of piperidine rings is 1. The monoisotopic (exact) mass is 455 g/mol. The van der Waals surface area contributed by atoms with Crippen LogP contribution in [0.5, 0.6) is 5.75 Å². The van der Waals surface area contributed by atoms with Crippen molar-refractivity contribution in [1.29, 1.82) is 0 Å². The lowest BCUT2D eigenvalue weighted by Gasteiger charge is -2.29. The van der Waals surface area contributed by atoms with Crippen molar-refractivity contribution in [2.24, 2.45) is 0 Å². The number of hydrogen-bond acceptors (Lipinski definition) is 8. The Morgan fingerprint density at radius 3 is 2.39 bits per heavy atom. The SMILES string of the molecule is O=S(=O)(c1ccc(OC(F)(F)F)cc1)N1CCC(c2nc(-c3ccnnc3)no2)CC1. The van der Waals surface area contributed by atoms with Gasteiger partial charge in [-0.3, -0.25) is 0 Å². The number of benzene rings is 1. The van der Waals surface area contributed by atoms with Crippen molar-refractivity contribution in [3.63, 3.8) is 0 Å². The van der Waals surface area contributed by atoms with Crippen molar-refractivity contribution in [3.8, 4) is 17.1 Å². The lowest BCUT2D eigenvalue weighted by molar-refractivity contribution is -0.274. The highest BCUT2D eigenvalue weighted by Crippen LogP contribution is 2.31. The quantitative estimate of drug-likeness (QED) is 0.577. The summed E-state index contributed by atoms with van der Waals surface area (Å²) in [5.41, 5.74) is 0.656. The first-order valence-electron chi connectivity index (χ1n) is 9.19. The molecule has 0 bridgehead atoms. The molecular weight excluding hydrogens is 439 g/mol. The van der Waals surface area contributed by atoms with E-state index in [2.05, 4.69) is 25.1 Å². The molecule has 0 saturated carbocycles. The fraction of sp³-hybridized carbons (Fsp3) is 0.333. The molecule has 3 heterocycles. The summed E-state index contributed by atoms with van der Waals surface area (Å²) in [6.45, 7) is 0.421. The highest BCUT2D eigenvalue weighted by atomic mass is 32.2. The third-order valence-corrected chi connectivity index (χ3v) is 6.70. The zero-order chi connectivity index (χ0) is 22.1. The van der Waals surface area contributed by atoms with Gasteiger partial charge >= 0.3 is 6.36 Å². The van der Waals surface area contributed by atoms with Crippen LogP contribution in [0.15, 0.2) is 52.1 Å². The standard InChI is InChI=1S/C18H16F3N5O4S/c19-18(20,21)29-14-1-3-15(4-2-14)31(27,28)26-9-6-12(7-10-26)17-24-16(25-30-17)13-5-8-22-23-11-13/h1-5,8,11-12H,6-7,9-10H2. The number of halogens is 3. The van der Waals surface area contributed by atoms with E-state index in [0.29, 0.717) is 30.1 Å². The van der Waals surface area contributed by atoms with Gasteiger partial charge in [0.15, 0.2) is 0 Å². The number of ether oxygens (including phenoxy) is 1. The van der Waals surface area contributed by atoms with E-state index in [1.807, 2.05) is 0 Å². The van der Waals surface area contributed by atoms with Gasteiger partial charge in [0.2, 0.25) is 21.7 Å². The minimum absolute atomic E-state index is 0.106. The zero-order valence-electron chi connectivity index (χ0n) is 15.9. The van der Waals surface area contributed by atoms with Gasteiger partial charge in [0, 0.05) is 24.6 Å². The molecule has 0 aliphatic carbocycles. The van der Waals surface area contributed by atoms with Crippen LogP contribution in [0.3, 0.4) is 0 Å². The van der Waals surface area contributed by atoms with E-state index in [1.165, 1.54) is 16.7 Å². The first-order chi connectivity index (χ1) is 14.7. The number of alkyl halides is 3. The lowest BCUT2D eigenvalue weighted by atomic mass is 9.98. The fourth-order valence-electron chi connectivity index (χ4n) is 3.25. The van der Waals surface area contributed by atoms with Crippen molar-refractivity contribution in [2.45, 2.75) is 30.0 Å². The van der Waals surface area contributed by atoms with Crippen molar-refractivity contribution in [3.05, 3.63) is 48.6 Å². The third-order valence-electron chi connectivity index (χ3n) is 4.78. The summed E-state index contributed by atoms with van der Waals surface area (Å²) < 4.78 is 72.8. The van der Waals surface area contributed by atoms with E-state index in [1.54, 1.807) is 6.07 Å². The van der Waals surface area contributed by atoms with E-state index < -0.39 is 22.1 Å². The molecule has 0 unspecified atom stereocenters. The van der Waals surface area contributed by atoms with Crippen LogP contribution in [0.25, 0.3) is 11.4 Å². The Labute approximate surface area is 174 Å². The van der Waals surface area contributed by atoms with Gasteiger partial charge in [0.1, 0.15) is 5.75 Å². The number of nitrogens with zero attached hydrogens (tertiary/aromatic N) is 5.